The molecule has 49 heavy (non-hydrogen) atoms. The number of terminal acetylenes is 1. The topological polar surface area (TPSA) is 128 Å². The van der Waals surface area contributed by atoms with E-state index in [9.17, 15) is 28.9 Å². The summed E-state index contributed by atoms with van der Waals surface area (Å²) in [6, 6.07) is 2.45. The smallest absolute Gasteiger partial charge is 0.415 e. The summed E-state index contributed by atoms with van der Waals surface area (Å²) in [6.07, 6.45) is 15.9. The number of hydrogen-bond acceptors (Lipinski definition) is 9. The second-order valence-corrected chi connectivity index (χ2v) is 12.0. The molecule has 4 N–H and O–H groups in total. The number of nitrogens with one attached hydrogen (secondary N) is 1. The van der Waals surface area contributed by atoms with Crippen LogP contribution in [0.1, 0.15) is 94.4 Å². The van der Waals surface area contributed by atoms with Gasteiger partial charge in [-0.2, -0.15) is 0 Å². The summed E-state index contributed by atoms with van der Waals surface area (Å²) in [4.78, 5) is 23.4. The van der Waals surface area contributed by atoms with E-state index >= 15 is 0 Å². The number of nitrogens with zero attached hydrogens (tertiary/aromatic N) is 3. The summed E-state index contributed by atoms with van der Waals surface area (Å²) in [5.41, 5.74) is 0.370. The fourth-order valence-electron chi connectivity index (χ4n) is 3.77. The second kappa shape index (κ2) is 22.4. The van der Waals surface area contributed by atoms with Gasteiger partial charge in [0.1, 0.15) is 5.69 Å². The highest BCUT2D eigenvalue weighted by Gasteiger charge is 2.27. The molecule has 0 radical (unpaired) electrons. The van der Waals surface area contributed by atoms with Crippen molar-refractivity contribution < 1.29 is 33.6 Å². The highest BCUT2D eigenvalue weighted by atomic mass is 32.2. The third-order valence-electron chi connectivity index (χ3n) is 6.40. The molecule has 2 aromatic heterocycles. The van der Waals surface area contributed by atoms with Gasteiger partial charge in [-0.05, 0) is 49.2 Å². The predicted octanol–water partition coefficient (Wildman–Crippen LogP) is 7.10. The van der Waals surface area contributed by atoms with E-state index in [1.807, 2.05) is 30.3 Å². The molecule has 2 aromatic rings. The van der Waals surface area contributed by atoms with E-state index in [1.165, 1.54) is 43.3 Å². The molecule has 0 spiro atoms. The fourth-order valence-corrected chi connectivity index (χ4v) is 4.26. The maximum absolute atomic E-state index is 13.6. The van der Waals surface area contributed by atoms with Crippen LogP contribution in [0.25, 0.3) is 16.7 Å². The molecular formula is C37H48F2N4O5S. The first-order valence-electron chi connectivity index (χ1n) is 16.0. The van der Waals surface area contributed by atoms with Crippen molar-refractivity contribution in [2.24, 2.45) is 5.92 Å². The van der Waals surface area contributed by atoms with Crippen molar-refractivity contribution in [3.8, 4) is 41.6 Å². The molecule has 0 aromatic carbocycles. The lowest BCUT2D eigenvalue weighted by Crippen LogP contribution is -2.35. The lowest BCUT2D eigenvalue weighted by Gasteiger charge is -2.20. The standard InChI is InChI=1S/C28H28F2N4O5S.C4H10.C3H8.C2H2/c1-17(40-12-4-5-18-7-8-18)33-27(35)22-15-31-23(19-6-3-10-34(2)11-9-19)13-20(22)21-14-24(26(29)30)32-16-25(21)39-28(36,37)38;1-3-4-2;1-3-2;1-2/h6,9,11,13-16,18,26,36-38H,1,3,7-8,10,12H2,2H3,(H,33,35);3-4H2,1-2H3;3H2,1-2H3;1-2H. The molecule has 1 fully saturated rings. The van der Waals surface area contributed by atoms with Crippen molar-refractivity contribution in [1.29, 1.82) is 0 Å². The van der Waals surface area contributed by atoms with Crippen molar-refractivity contribution in [3.63, 3.8) is 0 Å². The Morgan fingerprint density at radius 2 is 1.80 bits per heavy atom. The van der Waals surface area contributed by atoms with Crippen LogP contribution in [-0.2, 0) is 0 Å². The third-order valence-corrected chi connectivity index (χ3v) is 7.14. The van der Waals surface area contributed by atoms with Crippen molar-refractivity contribution in [2.75, 3.05) is 19.3 Å². The summed E-state index contributed by atoms with van der Waals surface area (Å²) in [5.74, 6) is 5.93. The molecule has 1 saturated carbocycles. The molecule has 2 aliphatic rings. The highest BCUT2D eigenvalue weighted by molar-refractivity contribution is 8.03. The largest absolute Gasteiger partial charge is 0.453 e. The number of ether oxygens (including phenoxy) is 1. The minimum atomic E-state index is -3.63. The SMILES string of the molecule is C#C.C=C(NC(=O)c1cnc(C2=CCCN(C)C=C2)cc1-c1cc(C(F)F)ncc1OC(O)(O)O)SCC#CC1CC1.CCC.CCCC. The number of carbonyl (C=O) groups is 1. The average molecular weight is 699 g/mol. The lowest BCUT2D eigenvalue weighted by molar-refractivity contribution is -0.419. The van der Waals surface area contributed by atoms with Crippen LogP contribution in [0.4, 0.5) is 8.78 Å². The number of allylic oxidation sites excluding steroid dienone is 2. The molecule has 1 amide bonds. The Bertz CT molecular complexity index is 1500. The van der Waals surface area contributed by atoms with Gasteiger partial charge in [0.15, 0.2) is 5.75 Å². The highest BCUT2D eigenvalue weighted by Crippen LogP contribution is 2.37. The molecule has 4 rings (SSSR count). The maximum Gasteiger partial charge on any atom is 0.453 e. The summed E-state index contributed by atoms with van der Waals surface area (Å²) < 4.78 is 32.0. The molecule has 1 aliphatic heterocycles. The number of pyridine rings is 2. The van der Waals surface area contributed by atoms with Crippen molar-refractivity contribution in [1.82, 2.24) is 20.2 Å². The zero-order valence-corrected chi connectivity index (χ0v) is 29.7. The molecule has 9 nitrogen and oxygen atoms in total. The number of rotatable bonds is 10. The van der Waals surface area contributed by atoms with Crippen molar-refractivity contribution in [3.05, 3.63) is 71.4 Å². The van der Waals surface area contributed by atoms with Crippen LogP contribution in [0.5, 0.6) is 5.75 Å². The van der Waals surface area contributed by atoms with Gasteiger partial charge in [-0.3, -0.25) is 14.8 Å². The van der Waals surface area contributed by atoms with Gasteiger partial charge in [-0.1, -0.05) is 83.2 Å². The van der Waals surface area contributed by atoms with Gasteiger partial charge in [0.05, 0.1) is 28.2 Å². The number of halogens is 2. The van der Waals surface area contributed by atoms with E-state index in [0.717, 1.165) is 37.2 Å². The van der Waals surface area contributed by atoms with Crippen LogP contribution >= 0.6 is 11.8 Å². The number of aromatic nitrogens is 2. The van der Waals surface area contributed by atoms with E-state index in [-0.39, 0.29) is 16.7 Å². The Balaban J connectivity index is 0.00000120. The molecule has 266 valence electrons. The molecule has 3 heterocycles. The molecule has 0 unspecified atom stereocenters. The number of carbonyl (C=O) groups excluding carboxylic acids is 1. The Morgan fingerprint density at radius 3 is 2.37 bits per heavy atom. The molecule has 0 bridgehead atoms. The summed E-state index contributed by atoms with van der Waals surface area (Å²) >= 11 is 1.24. The minimum absolute atomic E-state index is 0.0411. The number of alkyl halides is 2. The Labute approximate surface area is 293 Å². The second-order valence-electron chi connectivity index (χ2n) is 10.9. The molecular weight excluding hydrogens is 650 g/mol. The van der Waals surface area contributed by atoms with Crippen molar-refractivity contribution >= 4 is 23.2 Å². The quantitative estimate of drug-likeness (QED) is 0.152. The van der Waals surface area contributed by atoms with Crippen LogP contribution < -0.4 is 10.1 Å². The van der Waals surface area contributed by atoms with Gasteiger partial charge in [-0.15, -0.1) is 12.8 Å². The van der Waals surface area contributed by atoms with Gasteiger partial charge in [0.25, 0.3) is 12.3 Å². The van der Waals surface area contributed by atoms with Gasteiger partial charge < -0.3 is 30.3 Å². The van der Waals surface area contributed by atoms with E-state index in [4.69, 9.17) is 4.74 Å². The fraction of sp³-hybridized carbons (Fsp3) is 0.432. The summed E-state index contributed by atoms with van der Waals surface area (Å²) in [5, 5.41) is 31.3. The predicted molar refractivity (Wildman–Crippen MR) is 193 cm³/mol. The molecule has 1 aliphatic carbocycles. The molecule has 12 heteroatoms. The monoisotopic (exact) mass is 698 g/mol. The number of thioether (sulfide) groups is 1. The first kappa shape index (κ1) is 42.8. The molecule has 0 saturated heterocycles. The van der Waals surface area contributed by atoms with Gasteiger partial charge >= 0.3 is 6.16 Å². The maximum atomic E-state index is 13.6. The van der Waals surface area contributed by atoms with E-state index in [1.54, 1.807) is 0 Å². The Morgan fingerprint density at radius 1 is 1.14 bits per heavy atom. The molecule has 0 atom stereocenters. The van der Waals surface area contributed by atoms with Crippen LogP contribution in [-0.4, -0.2) is 61.6 Å². The minimum Gasteiger partial charge on any atom is -0.415 e. The average Bonchev–Trinajstić information content (AvgIpc) is 3.92. The lowest BCUT2D eigenvalue weighted by atomic mass is 9.97. The van der Waals surface area contributed by atoms with Gasteiger partial charge in [0.2, 0.25) is 0 Å². The Kier molecular flexibility index (Phi) is 19.6. The van der Waals surface area contributed by atoms with E-state index in [2.05, 4.69) is 74.2 Å². The first-order chi connectivity index (χ1) is 23.3. The Hall–Kier alpha value is -4.20. The number of aliphatic hydroxyl groups is 3. The van der Waals surface area contributed by atoms with Crippen molar-refractivity contribution in [2.45, 2.75) is 78.8 Å². The van der Waals surface area contributed by atoms with Crippen LogP contribution in [0, 0.1) is 30.6 Å². The van der Waals surface area contributed by atoms with E-state index < -0.39 is 29.9 Å². The number of hydrogen-bond donors (Lipinski definition) is 4. The van der Waals surface area contributed by atoms with Crippen LogP contribution in [0.3, 0.4) is 0 Å². The normalized spacial score (nSPS) is 13.4. The number of unbranched alkanes of at least 4 members (excludes halogenated alkanes) is 1. The summed E-state index contributed by atoms with van der Waals surface area (Å²) in [7, 11) is 1.92. The third kappa shape index (κ3) is 16.2. The zero-order valence-electron chi connectivity index (χ0n) is 28.9. The van der Waals surface area contributed by atoms with Gasteiger partial charge in [-0.25, -0.2) is 8.78 Å². The van der Waals surface area contributed by atoms with E-state index in [0.29, 0.717) is 28.8 Å². The van der Waals surface area contributed by atoms with Gasteiger partial charge in [0, 0.05) is 36.8 Å². The zero-order chi connectivity index (χ0) is 37.0. The summed E-state index contributed by atoms with van der Waals surface area (Å²) in [6.45, 7) is 13.2. The van der Waals surface area contributed by atoms with Crippen LogP contribution in [0.2, 0.25) is 0 Å². The van der Waals surface area contributed by atoms with Crippen LogP contribution in [0.15, 0.2) is 54.5 Å². The first-order valence-corrected chi connectivity index (χ1v) is 17.0. The number of amides is 1.